The predicted molar refractivity (Wildman–Crippen MR) is 61.2 cm³/mol. The average Bonchev–Trinajstić information content (AvgIpc) is 2.28. The number of hydrogen-bond donors (Lipinski definition) is 1. The number of benzene rings is 1. The number of fused-ring (bicyclic) bond motifs is 1. The van der Waals surface area contributed by atoms with Gasteiger partial charge in [-0.25, -0.2) is 0 Å². The maximum absolute atomic E-state index is 3.45. The van der Waals surface area contributed by atoms with Gasteiger partial charge in [-0.05, 0) is 37.5 Å². The highest BCUT2D eigenvalue weighted by molar-refractivity contribution is 5.70. The molecule has 1 heterocycles. The molecule has 0 bridgehead atoms. The van der Waals surface area contributed by atoms with Crippen LogP contribution in [-0.4, -0.2) is 6.54 Å². The summed E-state index contributed by atoms with van der Waals surface area (Å²) in [4.78, 5) is 0. The van der Waals surface area contributed by atoms with Crippen molar-refractivity contribution in [3.05, 3.63) is 40.5 Å². The summed E-state index contributed by atoms with van der Waals surface area (Å²) in [5.74, 6) is 0. The first-order chi connectivity index (χ1) is 6.68. The van der Waals surface area contributed by atoms with Gasteiger partial charge in [0.05, 0.1) is 0 Å². The number of nitrogens with one attached hydrogen (secondary N) is 1. The van der Waals surface area contributed by atoms with Gasteiger partial charge in [0.1, 0.15) is 0 Å². The maximum Gasteiger partial charge on any atom is 0.0214 e. The zero-order chi connectivity index (χ0) is 10.1. The summed E-state index contributed by atoms with van der Waals surface area (Å²) in [5, 5.41) is 3.45. The molecule has 0 unspecified atom stereocenters. The molecule has 0 spiro atoms. The molecule has 0 amide bonds. The fourth-order valence-electron chi connectivity index (χ4n) is 1.98. The van der Waals surface area contributed by atoms with Crippen molar-refractivity contribution in [1.29, 1.82) is 0 Å². The Morgan fingerprint density at radius 1 is 1.07 bits per heavy atom. The Bertz CT molecular complexity index is 388. The van der Waals surface area contributed by atoms with Crippen LogP contribution >= 0.6 is 0 Å². The van der Waals surface area contributed by atoms with Gasteiger partial charge in [0, 0.05) is 13.1 Å². The minimum absolute atomic E-state index is 0.992. The Hall–Kier alpha value is -1.08. The van der Waals surface area contributed by atoms with Crippen molar-refractivity contribution < 1.29 is 0 Å². The lowest BCUT2D eigenvalue weighted by molar-refractivity contribution is 0.747. The Morgan fingerprint density at radius 2 is 1.86 bits per heavy atom. The van der Waals surface area contributed by atoms with Gasteiger partial charge >= 0.3 is 0 Å². The van der Waals surface area contributed by atoms with E-state index in [4.69, 9.17) is 0 Å². The molecule has 1 N–H and O–H groups in total. The second kappa shape index (κ2) is 3.58. The van der Waals surface area contributed by atoms with Gasteiger partial charge in [-0.1, -0.05) is 29.3 Å². The van der Waals surface area contributed by atoms with Gasteiger partial charge in [0.25, 0.3) is 0 Å². The monoisotopic (exact) mass is 187 g/mol. The molecule has 1 aromatic carbocycles. The van der Waals surface area contributed by atoms with Crippen molar-refractivity contribution in [1.82, 2.24) is 5.32 Å². The molecule has 0 saturated heterocycles. The molecule has 1 aliphatic rings. The minimum Gasteiger partial charge on any atom is -0.309 e. The molecule has 1 aliphatic heterocycles. The van der Waals surface area contributed by atoms with E-state index in [9.17, 15) is 0 Å². The predicted octanol–water partition coefficient (Wildman–Crippen LogP) is 2.89. The first kappa shape index (κ1) is 9.47. The Balaban J connectivity index is 2.57. The van der Waals surface area contributed by atoms with E-state index in [0.717, 1.165) is 13.1 Å². The molecule has 0 aromatic heterocycles. The van der Waals surface area contributed by atoms with E-state index in [2.05, 4.69) is 44.3 Å². The highest BCUT2D eigenvalue weighted by Crippen LogP contribution is 2.25. The van der Waals surface area contributed by atoms with E-state index >= 15 is 0 Å². The van der Waals surface area contributed by atoms with Crippen LogP contribution < -0.4 is 5.32 Å². The summed E-state index contributed by atoms with van der Waals surface area (Å²) < 4.78 is 0. The van der Waals surface area contributed by atoms with Crippen LogP contribution in [0.5, 0.6) is 0 Å². The van der Waals surface area contributed by atoms with E-state index in [1.165, 1.54) is 27.8 Å². The van der Waals surface area contributed by atoms with Crippen LogP contribution in [0.25, 0.3) is 5.57 Å². The third-order valence-electron chi connectivity index (χ3n) is 3.01. The molecule has 0 radical (unpaired) electrons. The summed E-state index contributed by atoms with van der Waals surface area (Å²) in [6.07, 6.45) is 0. The van der Waals surface area contributed by atoms with E-state index in [0.29, 0.717) is 0 Å². The third-order valence-corrected chi connectivity index (χ3v) is 3.01. The Kier molecular flexibility index (Phi) is 2.42. The molecular weight excluding hydrogens is 170 g/mol. The van der Waals surface area contributed by atoms with Crippen molar-refractivity contribution in [3.8, 4) is 0 Å². The maximum atomic E-state index is 3.45. The van der Waals surface area contributed by atoms with Gasteiger partial charge < -0.3 is 5.32 Å². The molecule has 1 nitrogen and oxygen atoms in total. The van der Waals surface area contributed by atoms with E-state index in [-0.39, 0.29) is 0 Å². The SMILES string of the molecule is CC1=C(C)c2ccc(C)cc2CNC1. The van der Waals surface area contributed by atoms with Crippen LogP contribution in [0.1, 0.15) is 30.5 Å². The van der Waals surface area contributed by atoms with Crippen LogP contribution in [0, 0.1) is 6.92 Å². The summed E-state index contributed by atoms with van der Waals surface area (Å²) in [5.41, 5.74) is 7.08. The number of allylic oxidation sites excluding steroid dienone is 1. The standard InChI is InChI=1S/C13H17N/c1-9-4-5-13-11(3)10(2)7-14-8-12(13)6-9/h4-6,14H,7-8H2,1-3H3. The zero-order valence-corrected chi connectivity index (χ0v) is 9.15. The first-order valence-corrected chi connectivity index (χ1v) is 5.15. The zero-order valence-electron chi connectivity index (χ0n) is 9.15. The van der Waals surface area contributed by atoms with E-state index in [1.807, 2.05) is 0 Å². The summed E-state index contributed by atoms with van der Waals surface area (Å²) in [6.45, 7) is 8.58. The largest absolute Gasteiger partial charge is 0.309 e. The highest BCUT2D eigenvalue weighted by Gasteiger charge is 2.10. The second-order valence-corrected chi connectivity index (χ2v) is 4.17. The molecule has 0 fully saturated rings. The molecule has 14 heavy (non-hydrogen) atoms. The smallest absolute Gasteiger partial charge is 0.0214 e. The normalized spacial score (nSPS) is 16.5. The molecule has 0 aliphatic carbocycles. The van der Waals surface area contributed by atoms with Crippen LogP contribution in [0.4, 0.5) is 0 Å². The molecule has 74 valence electrons. The molecule has 0 saturated carbocycles. The summed E-state index contributed by atoms with van der Waals surface area (Å²) in [6, 6.07) is 6.72. The molecule has 1 heteroatoms. The lowest BCUT2D eigenvalue weighted by atomic mass is 9.97. The Morgan fingerprint density at radius 3 is 2.64 bits per heavy atom. The summed E-state index contributed by atoms with van der Waals surface area (Å²) in [7, 11) is 0. The minimum atomic E-state index is 0.992. The molecule has 2 rings (SSSR count). The Labute approximate surface area is 85.8 Å². The number of rotatable bonds is 0. The lowest BCUT2D eigenvalue weighted by Crippen LogP contribution is -2.13. The van der Waals surface area contributed by atoms with Crippen LogP contribution in [0.2, 0.25) is 0 Å². The van der Waals surface area contributed by atoms with Crippen molar-refractivity contribution >= 4 is 5.57 Å². The van der Waals surface area contributed by atoms with Crippen LogP contribution in [-0.2, 0) is 6.54 Å². The van der Waals surface area contributed by atoms with Crippen molar-refractivity contribution in [2.24, 2.45) is 0 Å². The fraction of sp³-hybridized carbons (Fsp3) is 0.385. The molecular formula is C13H17N. The highest BCUT2D eigenvalue weighted by atomic mass is 14.9. The van der Waals surface area contributed by atoms with Crippen molar-refractivity contribution in [3.63, 3.8) is 0 Å². The lowest BCUT2D eigenvalue weighted by Gasteiger charge is -2.08. The van der Waals surface area contributed by atoms with Crippen molar-refractivity contribution in [2.45, 2.75) is 27.3 Å². The quantitative estimate of drug-likeness (QED) is 0.658. The van der Waals surface area contributed by atoms with Gasteiger partial charge in [-0.2, -0.15) is 0 Å². The number of aryl methyl sites for hydroxylation is 1. The van der Waals surface area contributed by atoms with E-state index in [1.54, 1.807) is 0 Å². The third kappa shape index (κ3) is 1.60. The first-order valence-electron chi connectivity index (χ1n) is 5.15. The fourth-order valence-corrected chi connectivity index (χ4v) is 1.98. The molecule has 0 atom stereocenters. The van der Waals surface area contributed by atoms with Gasteiger partial charge in [-0.3, -0.25) is 0 Å². The second-order valence-electron chi connectivity index (χ2n) is 4.17. The van der Waals surface area contributed by atoms with Crippen molar-refractivity contribution in [2.75, 3.05) is 6.54 Å². The van der Waals surface area contributed by atoms with Crippen LogP contribution in [0.3, 0.4) is 0 Å². The van der Waals surface area contributed by atoms with Gasteiger partial charge in [-0.15, -0.1) is 0 Å². The van der Waals surface area contributed by atoms with Crippen LogP contribution in [0.15, 0.2) is 23.8 Å². The van der Waals surface area contributed by atoms with E-state index < -0.39 is 0 Å². The average molecular weight is 187 g/mol. The number of hydrogen-bond acceptors (Lipinski definition) is 1. The summed E-state index contributed by atoms with van der Waals surface area (Å²) >= 11 is 0. The molecule has 1 aromatic rings. The van der Waals surface area contributed by atoms with Gasteiger partial charge in [0.2, 0.25) is 0 Å². The topological polar surface area (TPSA) is 12.0 Å². The van der Waals surface area contributed by atoms with Gasteiger partial charge in [0.15, 0.2) is 0 Å².